The van der Waals surface area contributed by atoms with Crippen molar-refractivity contribution in [3.05, 3.63) is 0 Å². The maximum absolute atomic E-state index is 4.81. The van der Waals surface area contributed by atoms with E-state index in [4.69, 9.17) is 12.4 Å². The largest absolute Gasteiger partial charge is 0.297 e. The van der Waals surface area contributed by atoms with Gasteiger partial charge in [-0.1, -0.05) is 0 Å². The minimum Gasteiger partial charge on any atom is -0.185 e. The second kappa shape index (κ2) is 2.21. The molecule has 7 heavy (non-hydrogen) atoms. The highest BCUT2D eigenvalue weighted by atomic mass is 32.1. The predicted octanol–water partition coefficient (Wildman–Crippen LogP) is 0.0278. The fraction of sp³-hybridized carbons (Fsp3) is 1.00. The lowest BCUT2D eigenvalue weighted by Gasteiger charge is -2.04. The number of hydrazine groups is 1. The zero-order chi connectivity index (χ0) is 5.11. The van der Waals surface area contributed by atoms with Crippen LogP contribution in [0.5, 0.6) is 0 Å². The summed E-state index contributed by atoms with van der Waals surface area (Å²) < 4.78 is 1.73. The minimum atomic E-state index is 1.02. The Morgan fingerprint density at radius 1 is 1.43 bits per heavy atom. The van der Waals surface area contributed by atoms with Crippen molar-refractivity contribution < 1.29 is 4.05 Å². The summed E-state index contributed by atoms with van der Waals surface area (Å²) in [7, 11) is 0. The van der Waals surface area contributed by atoms with E-state index in [2.05, 4.69) is 5.43 Å². The van der Waals surface area contributed by atoms with Gasteiger partial charge in [0.05, 0.1) is 6.54 Å². The van der Waals surface area contributed by atoms with Crippen LogP contribution in [0.1, 0.15) is 12.8 Å². The SMILES string of the molecule is S=[N+]1CCCCN1. The molecule has 0 saturated carbocycles. The number of nitrogens with one attached hydrogen (secondary N) is 1. The molecule has 0 aromatic rings. The van der Waals surface area contributed by atoms with Crippen LogP contribution in [0.2, 0.25) is 0 Å². The molecule has 0 amide bonds. The summed E-state index contributed by atoms with van der Waals surface area (Å²) in [5, 5.41) is 0. The Balaban J connectivity index is 2.25. The van der Waals surface area contributed by atoms with Gasteiger partial charge in [0.25, 0.3) is 12.4 Å². The Kier molecular flexibility index (Phi) is 1.57. The maximum Gasteiger partial charge on any atom is 0.297 e. The van der Waals surface area contributed by atoms with Crippen molar-refractivity contribution in [2.24, 2.45) is 0 Å². The quantitative estimate of drug-likeness (QED) is 0.450. The Labute approximate surface area is 48.6 Å². The lowest BCUT2D eigenvalue weighted by atomic mass is 10.3. The lowest BCUT2D eigenvalue weighted by molar-refractivity contribution is -0.568. The maximum atomic E-state index is 4.81. The summed E-state index contributed by atoms with van der Waals surface area (Å²) in [5.74, 6) is 0. The van der Waals surface area contributed by atoms with Gasteiger partial charge in [0, 0.05) is 6.42 Å². The molecule has 1 aliphatic rings. The Morgan fingerprint density at radius 2 is 2.29 bits per heavy atom. The fourth-order valence-electron chi connectivity index (χ4n) is 0.663. The van der Waals surface area contributed by atoms with Gasteiger partial charge in [0.2, 0.25) is 0 Å². The zero-order valence-corrected chi connectivity index (χ0v) is 5.00. The van der Waals surface area contributed by atoms with E-state index in [9.17, 15) is 0 Å². The predicted molar refractivity (Wildman–Crippen MR) is 29.7 cm³/mol. The number of rotatable bonds is 0. The standard InChI is InChI=1S/C4H9N2S/c7-6-4-2-1-3-5-6/h1-4H2,(H,5,7)/q+1. The van der Waals surface area contributed by atoms with Crippen molar-refractivity contribution in [2.45, 2.75) is 12.8 Å². The van der Waals surface area contributed by atoms with Gasteiger partial charge in [-0.05, 0) is 10.5 Å². The van der Waals surface area contributed by atoms with E-state index in [0.29, 0.717) is 0 Å². The Morgan fingerprint density at radius 3 is 2.57 bits per heavy atom. The van der Waals surface area contributed by atoms with E-state index in [1.54, 1.807) is 4.05 Å². The van der Waals surface area contributed by atoms with Crippen LogP contribution in [-0.4, -0.2) is 17.1 Å². The van der Waals surface area contributed by atoms with E-state index < -0.39 is 0 Å². The van der Waals surface area contributed by atoms with Crippen LogP contribution >= 0.6 is 0 Å². The molecule has 1 aliphatic heterocycles. The summed E-state index contributed by atoms with van der Waals surface area (Å²) in [6.07, 6.45) is 2.52. The molecule has 1 N–H and O–H groups in total. The molecule has 40 valence electrons. The third-order valence-corrected chi connectivity index (χ3v) is 1.39. The normalized spacial score (nSPS) is 21.4. The average Bonchev–Trinajstić information content (AvgIpc) is 1.69. The van der Waals surface area contributed by atoms with E-state index in [1.165, 1.54) is 12.8 Å². The van der Waals surface area contributed by atoms with E-state index in [0.717, 1.165) is 13.1 Å². The molecular weight excluding hydrogens is 108 g/mol. The molecule has 0 bridgehead atoms. The van der Waals surface area contributed by atoms with Crippen LogP contribution in [0.25, 0.3) is 0 Å². The Bertz CT molecular complexity index is 73.8. The molecule has 0 radical (unpaired) electrons. The molecule has 0 spiro atoms. The summed E-state index contributed by atoms with van der Waals surface area (Å²) in [6, 6.07) is 0. The minimum absolute atomic E-state index is 1.02. The van der Waals surface area contributed by atoms with Crippen LogP contribution in [-0.2, 0) is 12.4 Å². The van der Waals surface area contributed by atoms with Crippen LogP contribution in [0, 0.1) is 0 Å². The molecule has 1 fully saturated rings. The van der Waals surface area contributed by atoms with Crippen molar-refractivity contribution in [1.82, 2.24) is 5.43 Å². The summed E-state index contributed by atoms with van der Waals surface area (Å²) in [4.78, 5) is 0. The van der Waals surface area contributed by atoms with Crippen molar-refractivity contribution in [3.8, 4) is 0 Å². The Hall–Kier alpha value is -0.180. The lowest BCUT2D eigenvalue weighted by Crippen LogP contribution is -2.33. The number of nitrogens with zero attached hydrogens (tertiary/aromatic N) is 1. The number of hydrogen-bond acceptors (Lipinski definition) is 1. The van der Waals surface area contributed by atoms with Gasteiger partial charge in [0.15, 0.2) is 6.54 Å². The van der Waals surface area contributed by atoms with Gasteiger partial charge in [-0.25, -0.2) is 0 Å². The average molecular weight is 117 g/mol. The van der Waals surface area contributed by atoms with E-state index >= 15 is 0 Å². The highest BCUT2D eigenvalue weighted by molar-refractivity contribution is 7.44. The molecule has 1 rings (SSSR count). The third-order valence-electron chi connectivity index (χ3n) is 1.08. The fourth-order valence-corrected chi connectivity index (χ4v) is 0.884. The van der Waals surface area contributed by atoms with Crippen molar-refractivity contribution in [3.63, 3.8) is 0 Å². The topological polar surface area (TPSA) is 15.0 Å². The highest BCUT2D eigenvalue weighted by Crippen LogP contribution is 1.91. The first-order valence-corrected chi connectivity index (χ1v) is 2.94. The molecule has 0 atom stereocenters. The van der Waals surface area contributed by atoms with Crippen molar-refractivity contribution in [2.75, 3.05) is 13.1 Å². The molecule has 0 aliphatic carbocycles. The zero-order valence-electron chi connectivity index (χ0n) is 4.18. The van der Waals surface area contributed by atoms with Crippen LogP contribution < -0.4 is 5.43 Å². The van der Waals surface area contributed by atoms with Gasteiger partial charge in [0.1, 0.15) is 0 Å². The molecule has 0 aromatic carbocycles. The van der Waals surface area contributed by atoms with Gasteiger partial charge < -0.3 is 0 Å². The van der Waals surface area contributed by atoms with Crippen LogP contribution in [0.3, 0.4) is 0 Å². The van der Waals surface area contributed by atoms with Gasteiger partial charge in [-0.3, -0.25) is 0 Å². The molecule has 1 saturated heterocycles. The molecular formula is C4H9N2S+. The van der Waals surface area contributed by atoms with Gasteiger partial charge in [-0.2, -0.15) is 5.43 Å². The molecule has 1 heterocycles. The molecule has 3 heteroatoms. The smallest absolute Gasteiger partial charge is 0.185 e. The summed E-state index contributed by atoms with van der Waals surface area (Å²) in [6.45, 7) is 2.08. The van der Waals surface area contributed by atoms with Gasteiger partial charge >= 0.3 is 0 Å². The van der Waals surface area contributed by atoms with Gasteiger partial charge in [-0.15, -0.1) is 0 Å². The molecule has 2 nitrogen and oxygen atoms in total. The molecule has 0 aromatic heterocycles. The summed E-state index contributed by atoms with van der Waals surface area (Å²) in [5.41, 5.74) is 3.03. The third kappa shape index (κ3) is 1.39. The van der Waals surface area contributed by atoms with E-state index in [1.807, 2.05) is 0 Å². The van der Waals surface area contributed by atoms with Crippen LogP contribution in [0.4, 0.5) is 0 Å². The van der Waals surface area contributed by atoms with Crippen molar-refractivity contribution >= 4 is 12.4 Å². The van der Waals surface area contributed by atoms with E-state index in [-0.39, 0.29) is 0 Å². The first-order valence-electron chi connectivity index (χ1n) is 2.58. The summed E-state index contributed by atoms with van der Waals surface area (Å²) >= 11 is 4.81. The first-order chi connectivity index (χ1) is 3.39. The highest BCUT2D eigenvalue weighted by Gasteiger charge is 2.07. The second-order valence-electron chi connectivity index (χ2n) is 1.72. The number of hydrogen-bond donors (Lipinski definition) is 1. The second-order valence-corrected chi connectivity index (χ2v) is 2.16. The van der Waals surface area contributed by atoms with Crippen molar-refractivity contribution in [1.29, 1.82) is 0 Å². The first kappa shape index (κ1) is 4.97. The van der Waals surface area contributed by atoms with Crippen LogP contribution in [0.15, 0.2) is 0 Å². The monoisotopic (exact) mass is 117 g/mol. The molecule has 0 unspecified atom stereocenters.